The molecule has 1 aromatic rings. The summed E-state index contributed by atoms with van der Waals surface area (Å²) < 4.78 is 2.11. The van der Waals surface area contributed by atoms with E-state index >= 15 is 0 Å². The number of benzene rings is 1. The van der Waals surface area contributed by atoms with E-state index in [1.165, 1.54) is 0 Å². The zero-order chi connectivity index (χ0) is 10.3. The van der Waals surface area contributed by atoms with Gasteiger partial charge >= 0.3 is 0 Å². The van der Waals surface area contributed by atoms with Crippen molar-refractivity contribution in [2.45, 2.75) is 19.4 Å². The fourth-order valence-electron chi connectivity index (χ4n) is 1.74. The predicted molar refractivity (Wildman–Crippen MR) is 54.3 cm³/mol. The molecule has 2 rings (SSSR count). The molecule has 0 saturated heterocycles. The number of halogens is 1. The Morgan fingerprint density at radius 3 is 2.53 bits per heavy atom. The van der Waals surface area contributed by atoms with Crippen LogP contribution in [0.3, 0.4) is 0 Å². The van der Waals surface area contributed by atoms with E-state index in [0.717, 1.165) is 17.5 Å². The molecule has 0 fully saturated rings. The number of phenols is 2. The first-order valence-electron chi connectivity index (χ1n) is 4.69. The van der Waals surface area contributed by atoms with E-state index in [0.29, 0.717) is 6.04 Å². The molecule has 1 aliphatic rings. The lowest BCUT2D eigenvalue weighted by Gasteiger charge is -2.16. The number of rotatable bonds is 0. The molecule has 0 bridgehead atoms. The van der Waals surface area contributed by atoms with E-state index in [2.05, 4.69) is 11.5 Å². The Balaban J connectivity index is 0.00000112. The van der Waals surface area contributed by atoms with Gasteiger partial charge in [0.05, 0.1) is 0 Å². The highest BCUT2D eigenvalue weighted by Gasteiger charge is 2.21. The van der Waals surface area contributed by atoms with Gasteiger partial charge in [0, 0.05) is 12.0 Å². The molecule has 0 radical (unpaired) electrons. The normalized spacial score (nSPS) is 18.8. The maximum absolute atomic E-state index is 9.35. The van der Waals surface area contributed by atoms with Gasteiger partial charge in [0.1, 0.15) is 7.05 Å². The summed E-state index contributed by atoms with van der Waals surface area (Å²) in [5.74, 6) is -0.0862. The molecular formula is C11H14ClNO2. The van der Waals surface area contributed by atoms with Crippen LogP contribution in [-0.4, -0.2) is 34.1 Å². The molecule has 2 N–H and O–H groups in total. The average Bonchev–Trinajstić information content (AvgIpc) is 2.11. The van der Waals surface area contributed by atoms with Gasteiger partial charge in [0.2, 0.25) is 0 Å². The van der Waals surface area contributed by atoms with Crippen molar-refractivity contribution in [1.82, 2.24) is 0 Å². The van der Waals surface area contributed by atoms with Crippen molar-refractivity contribution in [3.63, 3.8) is 0 Å². The van der Waals surface area contributed by atoms with Gasteiger partial charge in [-0.25, -0.2) is 4.58 Å². The highest BCUT2D eigenvalue weighted by Crippen LogP contribution is 2.29. The molecule has 1 heterocycles. The van der Waals surface area contributed by atoms with E-state index in [1.54, 1.807) is 12.1 Å². The van der Waals surface area contributed by atoms with Crippen molar-refractivity contribution in [2.24, 2.45) is 0 Å². The lowest BCUT2D eigenvalue weighted by atomic mass is 9.97. The van der Waals surface area contributed by atoms with Gasteiger partial charge in [0.25, 0.3) is 0 Å². The van der Waals surface area contributed by atoms with Gasteiger partial charge in [-0.3, -0.25) is 0 Å². The molecule has 1 aromatic carbocycles. The number of phenolic OH excluding ortho intramolecular Hbond substituents is 2. The molecule has 0 amide bonds. The Labute approximate surface area is 95.1 Å². The molecule has 0 aromatic heterocycles. The quantitative estimate of drug-likeness (QED) is 0.402. The predicted octanol–water partition coefficient (Wildman–Crippen LogP) is -1.89. The number of likely N-dealkylation sites (N-methyl/N-ethyl adjacent to an activating group) is 1. The first kappa shape index (κ1) is 11.9. The summed E-state index contributed by atoms with van der Waals surface area (Å²) in [6, 6.07) is 3.68. The lowest BCUT2D eigenvalue weighted by Crippen LogP contribution is -3.00. The number of fused-ring (bicyclic) bond motifs is 1. The summed E-state index contributed by atoms with van der Waals surface area (Å²) in [6.07, 6.45) is 2.89. The van der Waals surface area contributed by atoms with Gasteiger partial charge in [-0.15, -0.1) is 0 Å². The van der Waals surface area contributed by atoms with Crippen LogP contribution < -0.4 is 12.4 Å². The zero-order valence-electron chi connectivity index (χ0n) is 8.74. The number of hydrogen-bond donors (Lipinski definition) is 2. The van der Waals surface area contributed by atoms with E-state index in [9.17, 15) is 10.2 Å². The van der Waals surface area contributed by atoms with Crippen LogP contribution >= 0.6 is 0 Å². The highest BCUT2D eigenvalue weighted by atomic mass is 35.5. The Morgan fingerprint density at radius 2 is 1.87 bits per heavy atom. The molecule has 0 saturated carbocycles. The monoisotopic (exact) mass is 227 g/mol. The maximum Gasteiger partial charge on any atom is 0.171 e. The molecule has 82 valence electrons. The SMILES string of the molecule is CC1Cc2cc(O)c(O)cc2C=[N+]1C.[Cl-]. The zero-order valence-corrected chi connectivity index (χ0v) is 9.49. The highest BCUT2D eigenvalue weighted by molar-refractivity contribution is 5.80. The largest absolute Gasteiger partial charge is 1.00 e. The molecule has 1 aliphatic heterocycles. The van der Waals surface area contributed by atoms with Crippen LogP contribution in [0, 0.1) is 0 Å². The minimum atomic E-state index is -0.0528. The van der Waals surface area contributed by atoms with Gasteiger partial charge in [-0.2, -0.15) is 0 Å². The molecule has 15 heavy (non-hydrogen) atoms. The summed E-state index contributed by atoms with van der Waals surface area (Å²) in [7, 11) is 2.01. The van der Waals surface area contributed by atoms with E-state index < -0.39 is 0 Å². The van der Waals surface area contributed by atoms with Gasteiger partial charge in [0.15, 0.2) is 23.8 Å². The third-order valence-corrected chi connectivity index (χ3v) is 2.79. The van der Waals surface area contributed by atoms with Crippen molar-refractivity contribution in [3.05, 3.63) is 23.3 Å². The Hall–Kier alpha value is -1.22. The topological polar surface area (TPSA) is 43.5 Å². The lowest BCUT2D eigenvalue weighted by molar-refractivity contribution is -0.530. The second kappa shape index (κ2) is 4.11. The van der Waals surface area contributed by atoms with Crippen molar-refractivity contribution in [1.29, 1.82) is 0 Å². The van der Waals surface area contributed by atoms with Crippen LogP contribution in [-0.2, 0) is 6.42 Å². The minimum absolute atomic E-state index is 0. The molecule has 1 unspecified atom stereocenters. The number of aromatic hydroxyl groups is 2. The summed E-state index contributed by atoms with van der Waals surface area (Å²) >= 11 is 0. The molecule has 0 spiro atoms. The smallest absolute Gasteiger partial charge is 0.171 e. The van der Waals surface area contributed by atoms with Gasteiger partial charge in [-0.05, 0) is 24.6 Å². The summed E-state index contributed by atoms with van der Waals surface area (Å²) in [4.78, 5) is 0. The summed E-state index contributed by atoms with van der Waals surface area (Å²) in [5, 5.41) is 18.7. The van der Waals surface area contributed by atoms with Crippen LogP contribution in [0.15, 0.2) is 12.1 Å². The van der Waals surface area contributed by atoms with Crippen molar-refractivity contribution in [2.75, 3.05) is 7.05 Å². The van der Waals surface area contributed by atoms with Crippen LogP contribution in [0.1, 0.15) is 18.1 Å². The van der Waals surface area contributed by atoms with E-state index in [4.69, 9.17) is 0 Å². The Morgan fingerprint density at radius 1 is 1.27 bits per heavy atom. The van der Waals surface area contributed by atoms with Gasteiger partial charge < -0.3 is 22.6 Å². The van der Waals surface area contributed by atoms with Crippen molar-refractivity contribution < 1.29 is 27.2 Å². The minimum Gasteiger partial charge on any atom is -1.00 e. The molecular weight excluding hydrogens is 214 g/mol. The van der Waals surface area contributed by atoms with Gasteiger partial charge in [-0.1, -0.05) is 0 Å². The number of nitrogens with zero attached hydrogens (tertiary/aromatic N) is 1. The second-order valence-electron chi connectivity index (χ2n) is 3.89. The van der Waals surface area contributed by atoms with Crippen LogP contribution in [0.25, 0.3) is 0 Å². The standard InChI is InChI=1S/C11H13NO2.ClH/c1-7-3-8-4-10(13)11(14)5-9(8)6-12(7)2;/h4-7,14H,3H2,1-2H3;1H. The molecule has 1 atom stereocenters. The molecule has 3 nitrogen and oxygen atoms in total. The van der Waals surface area contributed by atoms with Crippen LogP contribution in [0.4, 0.5) is 0 Å². The third kappa shape index (κ3) is 2.07. The maximum atomic E-state index is 9.35. The Kier molecular flexibility index (Phi) is 3.25. The average molecular weight is 228 g/mol. The first-order valence-corrected chi connectivity index (χ1v) is 4.69. The van der Waals surface area contributed by atoms with Crippen LogP contribution in [0.2, 0.25) is 0 Å². The fraction of sp³-hybridized carbons (Fsp3) is 0.364. The number of hydrogen-bond acceptors (Lipinski definition) is 2. The van der Waals surface area contributed by atoms with E-state index in [1.807, 2.05) is 13.3 Å². The van der Waals surface area contributed by atoms with Crippen LogP contribution in [0.5, 0.6) is 11.5 Å². The third-order valence-electron chi connectivity index (χ3n) is 2.79. The first-order chi connectivity index (χ1) is 6.58. The van der Waals surface area contributed by atoms with Crippen molar-refractivity contribution in [3.8, 4) is 11.5 Å². The second-order valence-corrected chi connectivity index (χ2v) is 3.89. The fourth-order valence-corrected chi connectivity index (χ4v) is 1.74. The molecule has 0 aliphatic carbocycles. The molecule has 4 heteroatoms. The summed E-state index contributed by atoms with van der Waals surface area (Å²) in [6.45, 7) is 2.13. The Bertz CT molecular complexity index is 415. The van der Waals surface area contributed by atoms with E-state index in [-0.39, 0.29) is 23.9 Å². The summed E-state index contributed by atoms with van der Waals surface area (Å²) in [5.41, 5.74) is 2.08. The van der Waals surface area contributed by atoms with Crippen molar-refractivity contribution >= 4 is 6.21 Å².